The highest BCUT2D eigenvalue weighted by Crippen LogP contribution is 2.27. The van der Waals surface area contributed by atoms with E-state index in [1.54, 1.807) is 13.3 Å². The van der Waals surface area contributed by atoms with Crippen molar-refractivity contribution in [3.8, 4) is 0 Å². The standard InChI is InChI=1S/C12H15N5O/c1-8(18)9-4-2-3-5-17(9)12-10-11(14-6-13-10)15-7-16-12/h6-7,9H,2-5H2,1H3,(H,13,14,15,16). The molecule has 1 N–H and O–H groups in total. The van der Waals surface area contributed by atoms with E-state index in [1.165, 1.54) is 6.33 Å². The zero-order chi connectivity index (χ0) is 12.5. The van der Waals surface area contributed by atoms with Crippen LogP contribution in [0.5, 0.6) is 0 Å². The van der Waals surface area contributed by atoms with Crippen LogP contribution in [0, 0.1) is 0 Å². The molecule has 6 nitrogen and oxygen atoms in total. The third-order valence-corrected chi connectivity index (χ3v) is 3.45. The van der Waals surface area contributed by atoms with Crippen molar-refractivity contribution in [1.29, 1.82) is 0 Å². The van der Waals surface area contributed by atoms with Crippen molar-refractivity contribution < 1.29 is 4.79 Å². The molecule has 0 saturated carbocycles. The molecule has 0 radical (unpaired) electrons. The lowest BCUT2D eigenvalue weighted by Gasteiger charge is -2.35. The number of hydrogen-bond acceptors (Lipinski definition) is 5. The topological polar surface area (TPSA) is 74.8 Å². The van der Waals surface area contributed by atoms with Crippen molar-refractivity contribution >= 4 is 22.8 Å². The molecule has 18 heavy (non-hydrogen) atoms. The minimum atomic E-state index is -0.0693. The van der Waals surface area contributed by atoms with Crippen LogP contribution in [0.25, 0.3) is 11.2 Å². The normalized spacial score (nSPS) is 20.3. The number of imidazole rings is 1. The van der Waals surface area contributed by atoms with Gasteiger partial charge in [-0.25, -0.2) is 15.0 Å². The van der Waals surface area contributed by atoms with E-state index in [2.05, 4.69) is 24.8 Å². The molecule has 1 aliphatic heterocycles. The van der Waals surface area contributed by atoms with Crippen LogP contribution in [0.15, 0.2) is 12.7 Å². The van der Waals surface area contributed by atoms with E-state index >= 15 is 0 Å². The fraction of sp³-hybridized carbons (Fsp3) is 0.500. The second kappa shape index (κ2) is 4.36. The number of piperidine rings is 1. The lowest BCUT2D eigenvalue weighted by atomic mass is 9.99. The van der Waals surface area contributed by atoms with E-state index < -0.39 is 0 Å². The number of hydrogen-bond donors (Lipinski definition) is 1. The van der Waals surface area contributed by atoms with Gasteiger partial charge >= 0.3 is 0 Å². The average molecular weight is 245 g/mol. The Bertz CT molecular complexity index is 579. The van der Waals surface area contributed by atoms with Gasteiger partial charge in [-0.15, -0.1) is 0 Å². The number of carbonyl (C=O) groups excluding carboxylic acids is 1. The molecule has 1 fully saturated rings. The summed E-state index contributed by atoms with van der Waals surface area (Å²) >= 11 is 0. The van der Waals surface area contributed by atoms with Gasteiger partial charge in [-0.2, -0.15) is 0 Å². The molecule has 6 heteroatoms. The van der Waals surface area contributed by atoms with Gasteiger partial charge in [0.15, 0.2) is 17.2 Å². The molecule has 0 bridgehead atoms. The van der Waals surface area contributed by atoms with Crippen LogP contribution < -0.4 is 4.90 Å². The predicted molar refractivity (Wildman–Crippen MR) is 67.3 cm³/mol. The van der Waals surface area contributed by atoms with Gasteiger partial charge in [0.2, 0.25) is 0 Å². The van der Waals surface area contributed by atoms with Crippen LogP contribution in [0.4, 0.5) is 5.82 Å². The van der Waals surface area contributed by atoms with E-state index in [-0.39, 0.29) is 11.8 Å². The second-order valence-corrected chi connectivity index (χ2v) is 4.61. The number of anilines is 1. The Hall–Kier alpha value is -1.98. The molecule has 0 amide bonds. The monoisotopic (exact) mass is 245 g/mol. The van der Waals surface area contributed by atoms with Gasteiger partial charge in [0.05, 0.1) is 12.4 Å². The van der Waals surface area contributed by atoms with Crippen molar-refractivity contribution in [2.24, 2.45) is 0 Å². The van der Waals surface area contributed by atoms with Gasteiger partial charge in [0.1, 0.15) is 11.8 Å². The number of rotatable bonds is 2. The quantitative estimate of drug-likeness (QED) is 0.863. The predicted octanol–water partition coefficient (Wildman–Crippen LogP) is 1.30. The number of aromatic nitrogens is 4. The summed E-state index contributed by atoms with van der Waals surface area (Å²) in [6.45, 7) is 2.50. The van der Waals surface area contributed by atoms with Gasteiger partial charge in [0.25, 0.3) is 0 Å². The van der Waals surface area contributed by atoms with Crippen molar-refractivity contribution in [1.82, 2.24) is 19.9 Å². The summed E-state index contributed by atoms with van der Waals surface area (Å²) in [5, 5.41) is 0. The maximum Gasteiger partial charge on any atom is 0.182 e. The van der Waals surface area contributed by atoms with E-state index in [4.69, 9.17) is 0 Å². The largest absolute Gasteiger partial charge is 0.345 e. The van der Waals surface area contributed by atoms with Crippen molar-refractivity contribution in [2.75, 3.05) is 11.4 Å². The minimum Gasteiger partial charge on any atom is -0.345 e. The van der Waals surface area contributed by atoms with Gasteiger partial charge in [-0.05, 0) is 26.2 Å². The Morgan fingerprint density at radius 3 is 3.11 bits per heavy atom. The lowest BCUT2D eigenvalue weighted by Crippen LogP contribution is -2.44. The molecule has 2 aromatic rings. The number of nitrogens with one attached hydrogen (secondary N) is 1. The number of H-pyrrole nitrogens is 1. The zero-order valence-corrected chi connectivity index (χ0v) is 10.3. The summed E-state index contributed by atoms with van der Waals surface area (Å²) in [4.78, 5) is 29.4. The Labute approximate surface area is 104 Å². The van der Waals surface area contributed by atoms with Gasteiger partial charge in [0, 0.05) is 6.54 Å². The van der Waals surface area contributed by atoms with Crippen molar-refractivity contribution in [3.63, 3.8) is 0 Å². The molecule has 1 aliphatic rings. The maximum atomic E-state index is 11.7. The van der Waals surface area contributed by atoms with Crippen LogP contribution in [-0.4, -0.2) is 38.3 Å². The first-order valence-corrected chi connectivity index (χ1v) is 6.18. The fourth-order valence-corrected chi connectivity index (χ4v) is 2.58. The van der Waals surface area contributed by atoms with Crippen LogP contribution in [0.1, 0.15) is 26.2 Å². The van der Waals surface area contributed by atoms with Gasteiger partial charge < -0.3 is 9.88 Å². The van der Waals surface area contributed by atoms with Crippen LogP contribution in [-0.2, 0) is 4.79 Å². The average Bonchev–Trinajstić information content (AvgIpc) is 2.86. The SMILES string of the molecule is CC(=O)C1CCCCN1c1ncnc2nc[nH]c12. The molecule has 94 valence electrons. The second-order valence-electron chi connectivity index (χ2n) is 4.61. The molecule has 1 saturated heterocycles. The smallest absolute Gasteiger partial charge is 0.182 e. The first-order valence-electron chi connectivity index (χ1n) is 6.18. The molecule has 0 spiro atoms. The summed E-state index contributed by atoms with van der Waals surface area (Å²) in [5.74, 6) is 0.985. The molecule has 0 aliphatic carbocycles. The van der Waals surface area contributed by atoms with Crippen LogP contribution in [0.2, 0.25) is 0 Å². The third kappa shape index (κ3) is 1.73. The summed E-state index contributed by atoms with van der Waals surface area (Å²) in [6, 6.07) is -0.0693. The fourth-order valence-electron chi connectivity index (χ4n) is 2.58. The molecule has 0 aromatic carbocycles. The van der Waals surface area contributed by atoms with Crippen molar-refractivity contribution in [3.05, 3.63) is 12.7 Å². The highest BCUT2D eigenvalue weighted by atomic mass is 16.1. The summed E-state index contributed by atoms with van der Waals surface area (Å²) in [5.41, 5.74) is 1.46. The highest BCUT2D eigenvalue weighted by Gasteiger charge is 2.28. The zero-order valence-electron chi connectivity index (χ0n) is 10.3. The first-order chi connectivity index (χ1) is 8.77. The highest BCUT2D eigenvalue weighted by molar-refractivity contribution is 5.89. The van der Waals surface area contributed by atoms with Crippen LogP contribution in [0.3, 0.4) is 0 Å². The van der Waals surface area contributed by atoms with E-state index in [0.717, 1.165) is 37.1 Å². The van der Waals surface area contributed by atoms with E-state index in [1.807, 2.05) is 0 Å². The summed E-state index contributed by atoms with van der Waals surface area (Å²) in [6.07, 6.45) is 6.19. The Balaban J connectivity index is 2.06. The molecule has 1 atom stereocenters. The van der Waals surface area contributed by atoms with Gasteiger partial charge in [-0.3, -0.25) is 4.79 Å². The van der Waals surface area contributed by atoms with E-state index in [9.17, 15) is 4.79 Å². The summed E-state index contributed by atoms with van der Waals surface area (Å²) < 4.78 is 0. The number of carbonyl (C=O) groups is 1. The number of aromatic amines is 1. The third-order valence-electron chi connectivity index (χ3n) is 3.45. The molecular weight excluding hydrogens is 230 g/mol. The number of fused-ring (bicyclic) bond motifs is 1. The van der Waals surface area contributed by atoms with Gasteiger partial charge in [-0.1, -0.05) is 0 Å². The summed E-state index contributed by atoms with van der Waals surface area (Å²) in [7, 11) is 0. The number of ketones is 1. The maximum absolute atomic E-state index is 11.7. The molecule has 3 heterocycles. The van der Waals surface area contributed by atoms with E-state index in [0.29, 0.717) is 5.65 Å². The van der Waals surface area contributed by atoms with Crippen LogP contribution >= 0.6 is 0 Å². The Kier molecular flexibility index (Phi) is 2.70. The number of Topliss-reactive ketones (excluding diaryl/α,β-unsaturated/α-hetero) is 1. The number of nitrogens with zero attached hydrogens (tertiary/aromatic N) is 4. The first kappa shape index (κ1) is 11.1. The minimum absolute atomic E-state index is 0.0693. The Morgan fingerprint density at radius 2 is 2.28 bits per heavy atom. The molecule has 1 unspecified atom stereocenters. The Morgan fingerprint density at radius 1 is 1.39 bits per heavy atom. The molecule has 3 rings (SSSR count). The molecular formula is C12H15N5O. The van der Waals surface area contributed by atoms with Crippen molar-refractivity contribution in [2.45, 2.75) is 32.2 Å². The molecule has 2 aromatic heterocycles. The lowest BCUT2D eigenvalue weighted by molar-refractivity contribution is -0.118.